The molecule has 0 radical (unpaired) electrons. The zero-order chi connectivity index (χ0) is 15.5. The molecular weight excluding hydrogens is 289 g/mol. The number of nitrogens with zero attached hydrogens (tertiary/aromatic N) is 4. The van der Waals surface area contributed by atoms with Crippen molar-refractivity contribution in [3.8, 4) is 0 Å². The molecule has 1 aliphatic rings. The summed E-state index contributed by atoms with van der Waals surface area (Å²) in [5.74, 6) is -0.308. The molecule has 1 N–H and O–H groups in total. The predicted octanol–water partition coefficient (Wildman–Crippen LogP) is 0.750. The van der Waals surface area contributed by atoms with Crippen LogP contribution in [-0.4, -0.2) is 51.0 Å². The fourth-order valence-corrected chi connectivity index (χ4v) is 2.75. The lowest BCUT2D eigenvalue weighted by atomic mass is 10.2. The van der Waals surface area contributed by atoms with Gasteiger partial charge in [0.05, 0.1) is 6.20 Å². The van der Waals surface area contributed by atoms with Gasteiger partial charge in [-0.05, 0) is 6.42 Å². The van der Waals surface area contributed by atoms with Gasteiger partial charge < -0.3 is 9.84 Å². The van der Waals surface area contributed by atoms with E-state index in [2.05, 4.69) is 20.1 Å². The van der Waals surface area contributed by atoms with Gasteiger partial charge in [-0.1, -0.05) is 5.16 Å². The quantitative estimate of drug-likeness (QED) is 0.882. The first-order chi connectivity index (χ1) is 10.6. The van der Waals surface area contributed by atoms with Gasteiger partial charge in [-0.3, -0.25) is 14.4 Å². The van der Waals surface area contributed by atoms with E-state index in [0.717, 1.165) is 5.56 Å². The SMILES string of the molecule is Cn1cc(CN2C[C@@H](F)C[C@H]2CNC(=O)c2ccon2)cn1. The molecule has 0 spiro atoms. The molecule has 0 unspecified atom stereocenters. The Morgan fingerprint density at radius 2 is 2.45 bits per heavy atom. The lowest BCUT2D eigenvalue weighted by Crippen LogP contribution is -2.39. The molecule has 2 aromatic heterocycles. The second-order valence-corrected chi connectivity index (χ2v) is 5.53. The molecular formula is C14H18FN5O2. The molecule has 22 heavy (non-hydrogen) atoms. The van der Waals surface area contributed by atoms with Crippen molar-refractivity contribution in [3.05, 3.63) is 36.0 Å². The number of nitrogens with one attached hydrogen (secondary N) is 1. The van der Waals surface area contributed by atoms with Crippen LogP contribution < -0.4 is 5.32 Å². The third-order valence-electron chi connectivity index (χ3n) is 3.79. The van der Waals surface area contributed by atoms with Gasteiger partial charge in [0, 0.05) is 50.6 Å². The summed E-state index contributed by atoms with van der Waals surface area (Å²) in [4.78, 5) is 13.9. The zero-order valence-corrected chi connectivity index (χ0v) is 12.3. The Balaban J connectivity index is 1.57. The summed E-state index contributed by atoms with van der Waals surface area (Å²) in [6.07, 6.45) is 4.58. The van der Waals surface area contributed by atoms with Gasteiger partial charge >= 0.3 is 0 Å². The monoisotopic (exact) mass is 307 g/mol. The smallest absolute Gasteiger partial charge is 0.273 e. The summed E-state index contributed by atoms with van der Waals surface area (Å²) in [5.41, 5.74) is 1.26. The van der Waals surface area contributed by atoms with Gasteiger partial charge in [0.15, 0.2) is 5.69 Å². The van der Waals surface area contributed by atoms with Crippen LogP contribution in [0.2, 0.25) is 0 Å². The highest BCUT2D eigenvalue weighted by molar-refractivity contribution is 5.91. The second-order valence-electron chi connectivity index (χ2n) is 5.53. The maximum absolute atomic E-state index is 13.7. The molecule has 7 nitrogen and oxygen atoms in total. The summed E-state index contributed by atoms with van der Waals surface area (Å²) in [7, 11) is 1.85. The molecule has 1 aliphatic heterocycles. The third kappa shape index (κ3) is 3.33. The maximum Gasteiger partial charge on any atom is 0.273 e. The lowest BCUT2D eigenvalue weighted by Gasteiger charge is -2.23. The van der Waals surface area contributed by atoms with E-state index >= 15 is 0 Å². The Kier molecular flexibility index (Phi) is 4.19. The van der Waals surface area contributed by atoms with E-state index in [1.807, 2.05) is 18.1 Å². The van der Waals surface area contributed by atoms with Crippen LogP contribution in [0.15, 0.2) is 29.2 Å². The Hall–Kier alpha value is -2.22. The van der Waals surface area contributed by atoms with Crippen LogP contribution in [0.25, 0.3) is 0 Å². The first kappa shape index (κ1) is 14.7. The second kappa shape index (κ2) is 6.27. The molecule has 118 valence electrons. The molecule has 3 rings (SSSR count). The minimum absolute atomic E-state index is 0.0361. The molecule has 0 saturated carbocycles. The molecule has 1 saturated heterocycles. The standard InChI is InChI=1S/C14H18FN5O2/c1-19-7-10(5-17-19)8-20-9-11(15)4-12(20)6-16-14(21)13-2-3-22-18-13/h2-3,5,7,11-12H,4,6,8-9H2,1H3,(H,16,21)/t11-,12-/m0/s1. The normalized spacial score (nSPS) is 22.1. The molecule has 0 aromatic carbocycles. The number of alkyl halides is 1. The number of amides is 1. The molecule has 1 fully saturated rings. The lowest BCUT2D eigenvalue weighted by molar-refractivity contribution is 0.0931. The van der Waals surface area contributed by atoms with E-state index in [1.165, 1.54) is 12.3 Å². The largest absolute Gasteiger partial charge is 0.364 e. The van der Waals surface area contributed by atoms with E-state index in [9.17, 15) is 9.18 Å². The molecule has 0 bridgehead atoms. The van der Waals surface area contributed by atoms with Crippen LogP contribution >= 0.6 is 0 Å². The minimum atomic E-state index is -0.870. The Labute approximate surface area is 127 Å². The van der Waals surface area contributed by atoms with Crippen LogP contribution in [-0.2, 0) is 13.6 Å². The number of hydrogen-bond donors (Lipinski definition) is 1. The number of carbonyl (C=O) groups is 1. The highest BCUT2D eigenvalue weighted by Crippen LogP contribution is 2.22. The van der Waals surface area contributed by atoms with E-state index in [0.29, 0.717) is 26.1 Å². The van der Waals surface area contributed by atoms with Crippen molar-refractivity contribution in [3.63, 3.8) is 0 Å². The fourth-order valence-electron chi connectivity index (χ4n) is 2.75. The number of aryl methyl sites for hydroxylation is 1. The van der Waals surface area contributed by atoms with Gasteiger partial charge in [0.2, 0.25) is 0 Å². The van der Waals surface area contributed by atoms with Gasteiger partial charge in [-0.2, -0.15) is 5.10 Å². The number of halogens is 1. The van der Waals surface area contributed by atoms with Crippen LogP contribution in [0.1, 0.15) is 22.5 Å². The highest BCUT2D eigenvalue weighted by Gasteiger charge is 2.32. The van der Waals surface area contributed by atoms with Gasteiger partial charge in [-0.25, -0.2) is 4.39 Å². The number of likely N-dealkylation sites (tertiary alicyclic amines) is 1. The summed E-state index contributed by atoms with van der Waals surface area (Å²) in [6.45, 7) is 1.38. The van der Waals surface area contributed by atoms with Crippen molar-refractivity contribution in [2.75, 3.05) is 13.1 Å². The Bertz CT molecular complexity index is 627. The Morgan fingerprint density at radius 3 is 3.14 bits per heavy atom. The fraction of sp³-hybridized carbons (Fsp3) is 0.500. The molecule has 2 aromatic rings. The maximum atomic E-state index is 13.7. The van der Waals surface area contributed by atoms with Crippen LogP contribution in [0.4, 0.5) is 4.39 Å². The van der Waals surface area contributed by atoms with Gasteiger partial charge in [-0.15, -0.1) is 0 Å². The topological polar surface area (TPSA) is 76.2 Å². The van der Waals surface area contributed by atoms with Gasteiger partial charge in [0.1, 0.15) is 12.4 Å². The van der Waals surface area contributed by atoms with Gasteiger partial charge in [0.25, 0.3) is 5.91 Å². The summed E-state index contributed by atoms with van der Waals surface area (Å²) >= 11 is 0. The average Bonchev–Trinajstić information content (AvgIpc) is 3.19. The van der Waals surface area contributed by atoms with Crippen LogP contribution in [0.3, 0.4) is 0 Å². The average molecular weight is 307 g/mol. The van der Waals surface area contributed by atoms with Crippen molar-refractivity contribution in [1.82, 2.24) is 25.2 Å². The highest BCUT2D eigenvalue weighted by atomic mass is 19.1. The number of rotatable bonds is 5. The molecule has 0 aliphatic carbocycles. The van der Waals surface area contributed by atoms with Crippen molar-refractivity contribution < 1.29 is 13.7 Å². The summed E-state index contributed by atoms with van der Waals surface area (Å²) in [6, 6.07) is 1.46. The first-order valence-electron chi connectivity index (χ1n) is 7.16. The van der Waals surface area contributed by atoms with Crippen LogP contribution in [0, 0.1) is 0 Å². The number of carbonyl (C=O) groups excluding carboxylic acids is 1. The van der Waals surface area contributed by atoms with Crippen molar-refractivity contribution in [2.45, 2.75) is 25.2 Å². The van der Waals surface area contributed by atoms with Crippen molar-refractivity contribution >= 4 is 5.91 Å². The summed E-state index contributed by atoms with van der Waals surface area (Å²) < 4.78 is 20.1. The molecule has 2 atom stereocenters. The molecule has 3 heterocycles. The summed E-state index contributed by atoms with van der Waals surface area (Å²) in [5, 5.41) is 10.5. The Morgan fingerprint density at radius 1 is 1.59 bits per heavy atom. The number of aromatic nitrogens is 3. The predicted molar refractivity (Wildman–Crippen MR) is 75.8 cm³/mol. The van der Waals surface area contributed by atoms with E-state index in [-0.39, 0.29) is 17.6 Å². The molecule has 1 amide bonds. The van der Waals surface area contributed by atoms with Crippen molar-refractivity contribution in [1.29, 1.82) is 0 Å². The minimum Gasteiger partial charge on any atom is -0.364 e. The van der Waals surface area contributed by atoms with Crippen molar-refractivity contribution in [2.24, 2.45) is 7.05 Å². The van der Waals surface area contributed by atoms with E-state index in [4.69, 9.17) is 0 Å². The zero-order valence-electron chi connectivity index (χ0n) is 12.3. The molecule has 8 heteroatoms. The number of hydrogen-bond acceptors (Lipinski definition) is 5. The third-order valence-corrected chi connectivity index (χ3v) is 3.79. The van der Waals surface area contributed by atoms with E-state index in [1.54, 1.807) is 10.9 Å². The first-order valence-corrected chi connectivity index (χ1v) is 7.16. The van der Waals surface area contributed by atoms with E-state index < -0.39 is 6.17 Å². The van der Waals surface area contributed by atoms with Crippen LogP contribution in [0.5, 0.6) is 0 Å².